The Kier molecular flexibility index (Phi) is 6.63. The van der Waals surface area contributed by atoms with Crippen molar-refractivity contribution in [2.24, 2.45) is 5.10 Å². The fraction of sp³-hybridized carbons (Fsp3) is 0.167. The molecule has 148 valence electrons. The summed E-state index contributed by atoms with van der Waals surface area (Å²) in [4.78, 5) is 23.9. The van der Waals surface area contributed by atoms with Crippen LogP contribution in [0.2, 0.25) is 5.02 Å². The molecule has 0 aliphatic heterocycles. The minimum absolute atomic E-state index is 0.00402. The van der Waals surface area contributed by atoms with E-state index in [9.17, 15) is 27.9 Å². The van der Waals surface area contributed by atoms with Crippen molar-refractivity contribution < 1.29 is 27.9 Å². The molecule has 0 bridgehead atoms. The number of hydrogen-bond acceptors (Lipinski definition) is 4. The number of carbonyl (C=O) groups excluding carboxylic acids is 2. The number of hydrazone groups is 1. The highest BCUT2D eigenvalue weighted by atomic mass is 35.5. The zero-order valence-corrected chi connectivity index (χ0v) is 15.2. The van der Waals surface area contributed by atoms with Crippen LogP contribution < -0.4 is 10.7 Å². The number of phenols is 1. The summed E-state index contributed by atoms with van der Waals surface area (Å²) >= 11 is 5.52. The summed E-state index contributed by atoms with van der Waals surface area (Å²) < 4.78 is 38.5. The van der Waals surface area contributed by atoms with Gasteiger partial charge in [0.15, 0.2) is 0 Å². The number of para-hydroxylation sites is 1. The van der Waals surface area contributed by atoms with Crippen molar-refractivity contribution in [2.75, 3.05) is 5.32 Å². The molecule has 0 aromatic heterocycles. The number of nitrogens with zero attached hydrogens (tertiary/aromatic N) is 1. The highest BCUT2D eigenvalue weighted by Crippen LogP contribution is 2.36. The highest BCUT2D eigenvalue weighted by molar-refractivity contribution is 6.31. The third-order valence-corrected chi connectivity index (χ3v) is 3.80. The highest BCUT2D eigenvalue weighted by Gasteiger charge is 2.33. The number of amides is 2. The van der Waals surface area contributed by atoms with Crippen LogP contribution in [0.3, 0.4) is 0 Å². The van der Waals surface area contributed by atoms with Gasteiger partial charge >= 0.3 is 6.18 Å². The van der Waals surface area contributed by atoms with E-state index in [-0.39, 0.29) is 29.1 Å². The zero-order valence-electron chi connectivity index (χ0n) is 14.5. The first-order chi connectivity index (χ1) is 13.1. The van der Waals surface area contributed by atoms with E-state index in [1.54, 1.807) is 12.1 Å². The number of hydrogen-bond donors (Lipinski definition) is 3. The predicted octanol–water partition coefficient (Wildman–Crippen LogP) is 4.20. The van der Waals surface area contributed by atoms with E-state index in [0.717, 1.165) is 12.1 Å². The number of nitrogens with one attached hydrogen (secondary N) is 2. The molecule has 2 aromatic carbocycles. The molecule has 0 spiro atoms. The number of halogens is 4. The summed E-state index contributed by atoms with van der Waals surface area (Å²) in [6, 6.07) is 8.83. The van der Waals surface area contributed by atoms with Crippen LogP contribution in [0, 0.1) is 0 Å². The van der Waals surface area contributed by atoms with Crippen LogP contribution in [0.5, 0.6) is 5.75 Å². The third kappa shape index (κ3) is 5.71. The Balaban J connectivity index is 1.98. The van der Waals surface area contributed by atoms with Crippen molar-refractivity contribution in [3.05, 3.63) is 58.6 Å². The summed E-state index contributed by atoms with van der Waals surface area (Å²) in [5.74, 6) is -1.53. The largest absolute Gasteiger partial charge is 0.507 e. The molecule has 0 fully saturated rings. The molecule has 2 amide bonds. The SMILES string of the molecule is C/C(CC(=O)Nc1ccc(Cl)c(C(F)(F)F)c1)=N/NC(=O)c1ccccc1O. The number of phenolic OH excluding ortho intramolecular Hbond substituents is 1. The van der Waals surface area contributed by atoms with Crippen LogP contribution >= 0.6 is 11.6 Å². The van der Waals surface area contributed by atoms with Gasteiger partial charge in [0.25, 0.3) is 5.91 Å². The second kappa shape index (κ2) is 8.75. The topological polar surface area (TPSA) is 90.8 Å². The Morgan fingerprint density at radius 1 is 1.18 bits per heavy atom. The predicted molar refractivity (Wildman–Crippen MR) is 98.4 cm³/mol. The van der Waals surface area contributed by atoms with Gasteiger partial charge in [-0.25, -0.2) is 5.43 Å². The van der Waals surface area contributed by atoms with Gasteiger partial charge in [0.2, 0.25) is 5.91 Å². The van der Waals surface area contributed by atoms with E-state index in [2.05, 4.69) is 15.8 Å². The summed E-state index contributed by atoms with van der Waals surface area (Å²) in [6.45, 7) is 1.45. The molecule has 0 heterocycles. The fourth-order valence-corrected chi connectivity index (χ4v) is 2.39. The third-order valence-electron chi connectivity index (χ3n) is 3.47. The number of rotatable bonds is 5. The van der Waals surface area contributed by atoms with Crippen LogP contribution in [0.15, 0.2) is 47.6 Å². The minimum Gasteiger partial charge on any atom is -0.507 e. The van der Waals surface area contributed by atoms with E-state index < -0.39 is 28.6 Å². The molecule has 0 saturated heterocycles. The molecule has 2 rings (SSSR count). The van der Waals surface area contributed by atoms with Crippen LogP contribution in [-0.2, 0) is 11.0 Å². The summed E-state index contributed by atoms with van der Waals surface area (Å²) in [6.07, 6.45) is -4.92. The molecule has 0 atom stereocenters. The molecule has 0 radical (unpaired) electrons. The fourth-order valence-electron chi connectivity index (χ4n) is 2.17. The molecule has 0 aliphatic rings. The number of carbonyl (C=O) groups is 2. The van der Waals surface area contributed by atoms with Gasteiger partial charge in [-0.15, -0.1) is 0 Å². The number of anilines is 1. The number of benzene rings is 2. The van der Waals surface area contributed by atoms with Gasteiger partial charge in [-0.3, -0.25) is 9.59 Å². The molecule has 2 aromatic rings. The lowest BCUT2D eigenvalue weighted by molar-refractivity contribution is -0.137. The average Bonchev–Trinajstić information content (AvgIpc) is 2.60. The summed E-state index contributed by atoms with van der Waals surface area (Å²) in [7, 11) is 0. The van der Waals surface area contributed by atoms with E-state index in [4.69, 9.17) is 11.6 Å². The van der Waals surface area contributed by atoms with Crippen LogP contribution in [0.25, 0.3) is 0 Å². The lowest BCUT2D eigenvalue weighted by Gasteiger charge is -2.11. The monoisotopic (exact) mass is 413 g/mol. The van der Waals surface area contributed by atoms with Crippen molar-refractivity contribution in [3.63, 3.8) is 0 Å². The van der Waals surface area contributed by atoms with Gasteiger partial charge in [-0.1, -0.05) is 23.7 Å². The van der Waals surface area contributed by atoms with Gasteiger partial charge in [-0.2, -0.15) is 18.3 Å². The normalized spacial score (nSPS) is 11.8. The Bertz CT molecular complexity index is 930. The van der Waals surface area contributed by atoms with Crippen LogP contribution in [-0.4, -0.2) is 22.6 Å². The van der Waals surface area contributed by atoms with E-state index in [1.807, 2.05) is 0 Å². The minimum atomic E-state index is -4.65. The molecule has 10 heteroatoms. The molecule has 28 heavy (non-hydrogen) atoms. The van der Waals surface area contributed by atoms with Gasteiger partial charge in [0, 0.05) is 11.4 Å². The van der Waals surface area contributed by atoms with Gasteiger partial charge in [0.05, 0.1) is 22.6 Å². The van der Waals surface area contributed by atoms with E-state index in [0.29, 0.717) is 0 Å². The summed E-state index contributed by atoms with van der Waals surface area (Å²) in [5, 5.41) is 15.2. The van der Waals surface area contributed by atoms with Gasteiger partial charge in [-0.05, 0) is 37.3 Å². The summed E-state index contributed by atoms with van der Waals surface area (Å²) in [5.41, 5.74) is 1.25. The first kappa shape index (κ1) is 21.2. The van der Waals surface area contributed by atoms with Gasteiger partial charge < -0.3 is 10.4 Å². The lowest BCUT2D eigenvalue weighted by atomic mass is 10.2. The number of alkyl halides is 3. The second-order valence-electron chi connectivity index (χ2n) is 5.72. The number of aromatic hydroxyl groups is 1. The van der Waals surface area contributed by atoms with Crippen molar-refractivity contribution in [2.45, 2.75) is 19.5 Å². The molecule has 0 unspecified atom stereocenters. The average molecular weight is 414 g/mol. The molecular formula is C18H15ClF3N3O3. The maximum Gasteiger partial charge on any atom is 0.417 e. The van der Waals surface area contributed by atoms with Gasteiger partial charge in [0.1, 0.15) is 5.75 Å². The zero-order chi connectivity index (χ0) is 20.9. The second-order valence-corrected chi connectivity index (χ2v) is 6.13. The Hall–Kier alpha value is -3.07. The molecular weight excluding hydrogens is 399 g/mol. The van der Waals surface area contributed by atoms with E-state index in [1.165, 1.54) is 25.1 Å². The molecule has 3 N–H and O–H groups in total. The van der Waals surface area contributed by atoms with Crippen molar-refractivity contribution in [3.8, 4) is 5.75 Å². The van der Waals surface area contributed by atoms with Crippen LogP contribution in [0.4, 0.5) is 18.9 Å². The van der Waals surface area contributed by atoms with Crippen LogP contribution in [0.1, 0.15) is 29.3 Å². The standard InChI is InChI=1S/C18H15ClF3N3O3/c1-10(24-25-17(28)12-4-2-3-5-15(12)26)8-16(27)23-11-6-7-14(19)13(9-11)18(20,21)22/h2-7,9,26H,8H2,1H3,(H,23,27)(H,25,28)/b24-10-. The van der Waals surface area contributed by atoms with Crippen molar-refractivity contribution in [1.29, 1.82) is 0 Å². The van der Waals surface area contributed by atoms with E-state index >= 15 is 0 Å². The lowest BCUT2D eigenvalue weighted by Crippen LogP contribution is -2.21. The quantitative estimate of drug-likeness (QED) is 0.507. The maximum absolute atomic E-state index is 12.8. The molecule has 6 nitrogen and oxygen atoms in total. The Labute approximate surface area is 163 Å². The Morgan fingerprint density at radius 3 is 2.50 bits per heavy atom. The Morgan fingerprint density at radius 2 is 1.86 bits per heavy atom. The first-order valence-electron chi connectivity index (χ1n) is 7.86. The first-order valence-corrected chi connectivity index (χ1v) is 8.24. The smallest absolute Gasteiger partial charge is 0.417 e. The maximum atomic E-state index is 12.8. The van der Waals surface area contributed by atoms with Crippen molar-refractivity contribution in [1.82, 2.24) is 5.43 Å². The van der Waals surface area contributed by atoms with Crippen molar-refractivity contribution >= 4 is 34.8 Å². The molecule has 0 saturated carbocycles. The molecule has 0 aliphatic carbocycles.